The van der Waals surface area contributed by atoms with Crippen molar-refractivity contribution in [3.05, 3.63) is 71.8 Å². The molecule has 3 rings (SSSR count). The SMILES string of the molecule is CN(C)CCC1(C)CN(C(=O)CC(NC(=O)c2ccccc2)c2ccccc2)C1. The predicted molar refractivity (Wildman–Crippen MR) is 116 cm³/mol. The highest BCUT2D eigenvalue weighted by Crippen LogP contribution is 2.34. The molecule has 0 radical (unpaired) electrons. The number of amides is 2. The Morgan fingerprint density at radius 2 is 1.62 bits per heavy atom. The van der Waals surface area contributed by atoms with E-state index in [9.17, 15) is 9.59 Å². The predicted octanol–water partition coefficient (Wildman–Crippen LogP) is 3.35. The van der Waals surface area contributed by atoms with Crippen molar-refractivity contribution >= 4 is 11.8 Å². The zero-order chi connectivity index (χ0) is 20.9. The van der Waals surface area contributed by atoms with Crippen LogP contribution in [0.25, 0.3) is 0 Å². The van der Waals surface area contributed by atoms with Gasteiger partial charge in [-0.1, -0.05) is 55.5 Å². The molecular weight excluding hydrogens is 362 g/mol. The van der Waals surface area contributed by atoms with Gasteiger partial charge in [-0.05, 0) is 44.8 Å². The fraction of sp³-hybridized carbons (Fsp3) is 0.417. The van der Waals surface area contributed by atoms with Crippen molar-refractivity contribution < 1.29 is 9.59 Å². The Morgan fingerprint density at radius 3 is 2.21 bits per heavy atom. The average Bonchev–Trinajstić information content (AvgIpc) is 2.70. The van der Waals surface area contributed by atoms with E-state index in [0.717, 1.165) is 31.6 Å². The second kappa shape index (κ2) is 9.23. The number of carbonyl (C=O) groups excluding carboxylic acids is 2. The molecule has 0 bridgehead atoms. The van der Waals surface area contributed by atoms with Crippen LogP contribution in [0.4, 0.5) is 0 Å². The molecule has 2 aromatic rings. The first-order chi connectivity index (χ1) is 13.9. The second-order valence-corrected chi connectivity index (χ2v) is 8.62. The molecule has 1 N–H and O–H groups in total. The Morgan fingerprint density at radius 1 is 1.03 bits per heavy atom. The molecule has 1 saturated heterocycles. The number of rotatable bonds is 8. The van der Waals surface area contributed by atoms with Crippen LogP contribution in [-0.2, 0) is 4.79 Å². The summed E-state index contributed by atoms with van der Waals surface area (Å²) in [5.74, 6) is -0.0683. The van der Waals surface area contributed by atoms with Gasteiger partial charge in [-0.3, -0.25) is 9.59 Å². The topological polar surface area (TPSA) is 52.6 Å². The van der Waals surface area contributed by atoms with Crippen LogP contribution in [0.3, 0.4) is 0 Å². The Hall–Kier alpha value is -2.66. The molecule has 1 atom stereocenters. The van der Waals surface area contributed by atoms with Gasteiger partial charge in [0.2, 0.25) is 5.91 Å². The van der Waals surface area contributed by atoms with Crippen LogP contribution in [0, 0.1) is 5.41 Å². The molecule has 2 amide bonds. The van der Waals surface area contributed by atoms with E-state index in [-0.39, 0.29) is 29.7 Å². The summed E-state index contributed by atoms with van der Waals surface area (Å²) in [6.45, 7) is 4.84. The van der Waals surface area contributed by atoms with Gasteiger partial charge in [-0.15, -0.1) is 0 Å². The third-order valence-corrected chi connectivity index (χ3v) is 5.58. The smallest absolute Gasteiger partial charge is 0.251 e. The van der Waals surface area contributed by atoms with E-state index < -0.39 is 0 Å². The van der Waals surface area contributed by atoms with E-state index in [1.807, 2.05) is 53.4 Å². The lowest BCUT2D eigenvalue weighted by Crippen LogP contribution is -2.58. The maximum absolute atomic E-state index is 12.9. The Labute approximate surface area is 173 Å². The molecule has 2 aromatic carbocycles. The lowest BCUT2D eigenvalue weighted by Gasteiger charge is -2.49. The summed E-state index contributed by atoms with van der Waals surface area (Å²) in [7, 11) is 4.15. The highest BCUT2D eigenvalue weighted by molar-refractivity contribution is 5.94. The van der Waals surface area contributed by atoms with Crippen molar-refractivity contribution in [1.82, 2.24) is 15.1 Å². The molecule has 29 heavy (non-hydrogen) atoms. The van der Waals surface area contributed by atoms with Gasteiger partial charge in [0.15, 0.2) is 0 Å². The summed E-state index contributed by atoms with van der Waals surface area (Å²) in [6.07, 6.45) is 1.35. The van der Waals surface area contributed by atoms with Gasteiger partial charge in [0.1, 0.15) is 0 Å². The minimum Gasteiger partial charge on any atom is -0.345 e. The van der Waals surface area contributed by atoms with Crippen LogP contribution in [0.1, 0.15) is 41.7 Å². The third-order valence-electron chi connectivity index (χ3n) is 5.58. The lowest BCUT2D eigenvalue weighted by atomic mass is 9.78. The van der Waals surface area contributed by atoms with Crippen molar-refractivity contribution in [3.63, 3.8) is 0 Å². The van der Waals surface area contributed by atoms with Crippen LogP contribution in [0.2, 0.25) is 0 Å². The summed E-state index contributed by atoms with van der Waals surface area (Å²) in [4.78, 5) is 29.7. The van der Waals surface area contributed by atoms with Gasteiger partial charge in [0.05, 0.1) is 12.5 Å². The van der Waals surface area contributed by atoms with Crippen molar-refractivity contribution in [2.24, 2.45) is 5.41 Å². The zero-order valence-corrected chi connectivity index (χ0v) is 17.6. The summed E-state index contributed by atoms with van der Waals surface area (Å²) in [6, 6.07) is 18.5. The Bertz CT molecular complexity index is 815. The number of hydrogen-bond donors (Lipinski definition) is 1. The third kappa shape index (κ3) is 5.67. The van der Waals surface area contributed by atoms with Crippen molar-refractivity contribution in [2.45, 2.75) is 25.8 Å². The maximum Gasteiger partial charge on any atom is 0.251 e. The van der Waals surface area contributed by atoms with Crippen molar-refractivity contribution in [1.29, 1.82) is 0 Å². The fourth-order valence-electron chi connectivity index (χ4n) is 3.78. The normalized spacial score (nSPS) is 16.2. The van der Waals surface area contributed by atoms with Gasteiger partial charge in [-0.2, -0.15) is 0 Å². The van der Waals surface area contributed by atoms with E-state index >= 15 is 0 Å². The molecule has 1 fully saturated rings. The second-order valence-electron chi connectivity index (χ2n) is 8.62. The fourth-order valence-corrected chi connectivity index (χ4v) is 3.78. The van der Waals surface area contributed by atoms with E-state index in [0.29, 0.717) is 5.56 Å². The van der Waals surface area contributed by atoms with Crippen molar-refractivity contribution in [2.75, 3.05) is 33.7 Å². The van der Waals surface area contributed by atoms with Gasteiger partial charge in [-0.25, -0.2) is 0 Å². The van der Waals surface area contributed by atoms with E-state index in [4.69, 9.17) is 0 Å². The molecule has 5 nitrogen and oxygen atoms in total. The number of carbonyl (C=O) groups is 2. The minimum absolute atomic E-state index is 0.0922. The van der Waals surface area contributed by atoms with Gasteiger partial charge >= 0.3 is 0 Å². The van der Waals surface area contributed by atoms with Crippen LogP contribution in [0.15, 0.2) is 60.7 Å². The number of benzene rings is 2. The molecule has 0 saturated carbocycles. The standard InChI is InChI=1S/C24H31N3O2/c1-24(14-15-26(2)3)17-27(18-24)22(28)16-21(19-10-6-4-7-11-19)25-23(29)20-12-8-5-9-13-20/h4-13,21H,14-18H2,1-3H3,(H,25,29). The number of hydrogen-bond acceptors (Lipinski definition) is 3. The van der Waals surface area contributed by atoms with Gasteiger partial charge in [0, 0.05) is 24.1 Å². The van der Waals surface area contributed by atoms with Gasteiger partial charge < -0.3 is 15.1 Å². The van der Waals surface area contributed by atoms with Gasteiger partial charge in [0.25, 0.3) is 5.91 Å². The first-order valence-corrected chi connectivity index (χ1v) is 10.2. The molecule has 0 aromatic heterocycles. The van der Waals surface area contributed by atoms with Crippen LogP contribution in [-0.4, -0.2) is 55.3 Å². The molecule has 1 heterocycles. The van der Waals surface area contributed by atoms with Crippen LogP contribution < -0.4 is 5.32 Å². The first-order valence-electron chi connectivity index (χ1n) is 10.2. The molecule has 154 valence electrons. The Kier molecular flexibility index (Phi) is 6.70. The quantitative estimate of drug-likeness (QED) is 0.748. The molecule has 0 aliphatic carbocycles. The minimum atomic E-state index is -0.343. The average molecular weight is 394 g/mol. The summed E-state index contributed by atoms with van der Waals surface area (Å²) < 4.78 is 0. The lowest BCUT2D eigenvalue weighted by molar-refractivity contribution is -0.143. The molecular formula is C24H31N3O2. The van der Waals surface area contributed by atoms with E-state index in [1.165, 1.54) is 0 Å². The molecule has 5 heteroatoms. The van der Waals surface area contributed by atoms with Crippen LogP contribution in [0.5, 0.6) is 0 Å². The number of nitrogens with one attached hydrogen (secondary N) is 1. The molecule has 1 aliphatic heterocycles. The number of nitrogens with zero attached hydrogens (tertiary/aromatic N) is 2. The molecule has 1 unspecified atom stereocenters. The largest absolute Gasteiger partial charge is 0.345 e. The first kappa shape index (κ1) is 21.1. The molecule has 0 spiro atoms. The highest BCUT2D eigenvalue weighted by Gasteiger charge is 2.41. The number of likely N-dealkylation sites (tertiary alicyclic amines) is 1. The van der Waals surface area contributed by atoms with Crippen LogP contribution >= 0.6 is 0 Å². The highest BCUT2D eigenvalue weighted by atomic mass is 16.2. The van der Waals surface area contributed by atoms with Crippen molar-refractivity contribution in [3.8, 4) is 0 Å². The zero-order valence-electron chi connectivity index (χ0n) is 17.6. The summed E-state index contributed by atoms with van der Waals surface area (Å²) >= 11 is 0. The molecule has 1 aliphatic rings. The van der Waals surface area contributed by atoms with E-state index in [2.05, 4.69) is 31.2 Å². The maximum atomic E-state index is 12.9. The van der Waals surface area contributed by atoms with E-state index in [1.54, 1.807) is 12.1 Å². The summed E-state index contributed by atoms with van der Waals surface area (Å²) in [5, 5.41) is 3.05. The Balaban J connectivity index is 1.63. The monoisotopic (exact) mass is 393 g/mol. The summed E-state index contributed by atoms with van der Waals surface area (Å²) in [5.41, 5.74) is 1.73.